The molecular formula is C10H11ClFN3. The van der Waals surface area contributed by atoms with Gasteiger partial charge in [-0.05, 0) is 12.0 Å². The highest BCUT2D eigenvalue weighted by molar-refractivity contribution is 6.33. The Morgan fingerprint density at radius 2 is 2.20 bits per heavy atom. The smallest absolute Gasteiger partial charge is 0.157 e. The number of pyridine rings is 1. The fraction of sp³-hybridized carbons (Fsp3) is 0.300. The van der Waals surface area contributed by atoms with E-state index in [2.05, 4.69) is 4.98 Å². The Morgan fingerprint density at radius 3 is 2.80 bits per heavy atom. The van der Waals surface area contributed by atoms with Crippen LogP contribution in [0.25, 0.3) is 5.65 Å². The van der Waals surface area contributed by atoms with Gasteiger partial charge in [0.15, 0.2) is 5.65 Å². The molecule has 0 saturated heterocycles. The van der Waals surface area contributed by atoms with Gasteiger partial charge in [-0.25, -0.2) is 9.37 Å². The Hall–Kier alpha value is -1.29. The molecule has 0 atom stereocenters. The van der Waals surface area contributed by atoms with Gasteiger partial charge in [0.25, 0.3) is 0 Å². The highest BCUT2D eigenvalue weighted by Crippen LogP contribution is 2.26. The summed E-state index contributed by atoms with van der Waals surface area (Å²) in [5, 5.41) is 0.272. The van der Waals surface area contributed by atoms with Gasteiger partial charge in [-0.1, -0.05) is 25.4 Å². The number of nitrogens with two attached hydrogens (primary N) is 1. The van der Waals surface area contributed by atoms with Crippen LogP contribution >= 0.6 is 11.6 Å². The van der Waals surface area contributed by atoms with Gasteiger partial charge in [0.1, 0.15) is 11.6 Å². The standard InChI is InChI=1S/C10H11ClFN3/c1-5(2)8-9(13)15-4-6(12)3-7(11)10(15)14-8/h3-5H,13H2,1-2H3. The molecule has 0 aromatic carbocycles. The molecule has 0 bridgehead atoms. The lowest BCUT2D eigenvalue weighted by atomic mass is 10.1. The van der Waals surface area contributed by atoms with E-state index in [0.29, 0.717) is 11.5 Å². The van der Waals surface area contributed by atoms with Crippen LogP contribution in [0, 0.1) is 5.82 Å². The second-order valence-corrected chi connectivity index (χ2v) is 4.14. The molecule has 0 aliphatic rings. The Bertz CT molecular complexity index is 519. The van der Waals surface area contributed by atoms with Crippen LogP contribution in [0.5, 0.6) is 0 Å². The highest BCUT2D eigenvalue weighted by atomic mass is 35.5. The van der Waals surface area contributed by atoms with Crippen molar-refractivity contribution >= 4 is 23.1 Å². The average molecular weight is 228 g/mol. The largest absolute Gasteiger partial charge is 0.383 e. The van der Waals surface area contributed by atoms with E-state index in [1.165, 1.54) is 16.7 Å². The third-order valence-electron chi connectivity index (χ3n) is 2.25. The number of hydrogen-bond acceptors (Lipinski definition) is 2. The molecule has 0 fully saturated rings. The first-order valence-electron chi connectivity index (χ1n) is 4.63. The van der Waals surface area contributed by atoms with E-state index in [0.717, 1.165) is 5.69 Å². The molecule has 2 rings (SSSR count). The van der Waals surface area contributed by atoms with E-state index < -0.39 is 5.82 Å². The average Bonchev–Trinajstić information content (AvgIpc) is 2.44. The molecule has 0 aliphatic carbocycles. The molecule has 15 heavy (non-hydrogen) atoms. The predicted octanol–water partition coefficient (Wildman–Crippen LogP) is 2.83. The minimum Gasteiger partial charge on any atom is -0.383 e. The van der Waals surface area contributed by atoms with Crippen LogP contribution in [-0.4, -0.2) is 9.38 Å². The van der Waals surface area contributed by atoms with Crippen molar-refractivity contribution in [3.63, 3.8) is 0 Å². The first-order chi connectivity index (χ1) is 7.00. The molecule has 2 aromatic heterocycles. The summed E-state index contributed by atoms with van der Waals surface area (Å²) in [4.78, 5) is 4.29. The van der Waals surface area contributed by atoms with Crippen molar-refractivity contribution in [3.8, 4) is 0 Å². The van der Waals surface area contributed by atoms with E-state index in [1.54, 1.807) is 0 Å². The summed E-state index contributed by atoms with van der Waals surface area (Å²) in [6.07, 6.45) is 1.29. The number of hydrogen-bond donors (Lipinski definition) is 1. The van der Waals surface area contributed by atoms with Crippen LogP contribution in [0.4, 0.5) is 10.2 Å². The Morgan fingerprint density at radius 1 is 1.53 bits per heavy atom. The van der Waals surface area contributed by atoms with Crippen molar-refractivity contribution in [2.45, 2.75) is 19.8 Å². The zero-order valence-electron chi connectivity index (χ0n) is 8.46. The number of nitrogens with zero attached hydrogens (tertiary/aromatic N) is 2. The van der Waals surface area contributed by atoms with Gasteiger partial charge < -0.3 is 5.73 Å². The Labute approximate surface area is 91.7 Å². The van der Waals surface area contributed by atoms with Crippen molar-refractivity contribution < 1.29 is 4.39 Å². The van der Waals surface area contributed by atoms with E-state index in [-0.39, 0.29) is 10.9 Å². The summed E-state index contributed by atoms with van der Waals surface area (Å²) in [6, 6.07) is 1.23. The van der Waals surface area contributed by atoms with Gasteiger partial charge >= 0.3 is 0 Å². The van der Waals surface area contributed by atoms with E-state index in [4.69, 9.17) is 17.3 Å². The summed E-state index contributed by atoms with van der Waals surface area (Å²) in [6.45, 7) is 3.95. The molecule has 3 nitrogen and oxygen atoms in total. The van der Waals surface area contributed by atoms with Crippen molar-refractivity contribution in [2.75, 3.05) is 5.73 Å². The number of imidazole rings is 1. The van der Waals surface area contributed by atoms with Gasteiger partial charge in [0, 0.05) is 6.20 Å². The third kappa shape index (κ3) is 1.55. The van der Waals surface area contributed by atoms with Crippen LogP contribution in [0.3, 0.4) is 0 Å². The first kappa shape index (κ1) is 10.2. The Kier molecular flexibility index (Phi) is 2.31. The molecular weight excluding hydrogens is 217 g/mol. The fourth-order valence-electron chi connectivity index (χ4n) is 1.53. The molecule has 2 aromatic rings. The van der Waals surface area contributed by atoms with E-state index in [1.807, 2.05) is 13.8 Å². The Balaban J connectivity index is 2.82. The molecule has 2 heterocycles. The lowest BCUT2D eigenvalue weighted by Crippen LogP contribution is -1.98. The summed E-state index contributed by atoms with van der Waals surface area (Å²) >= 11 is 5.87. The molecule has 5 heteroatoms. The van der Waals surface area contributed by atoms with Crippen molar-refractivity contribution in [3.05, 3.63) is 28.8 Å². The molecule has 2 N–H and O–H groups in total. The van der Waals surface area contributed by atoms with Crippen LogP contribution in [0.2, 0.25) is 5.02 Å². The summed E-state index contributed by atoms with van der Waals surface area (Å²) in [7, 11) is 0. The van der Waals surface area contributed by atoms with Crippen LogP contribution in [0.1, 0.15) is 25.5 Å². The number of halogens is 2. The number of nitrogen functional groups attached to an aromatic ring is 1. The number of anilines is 1. The normalized spacial score (nSPS) is 11.5. The van der Waals surface area contributed by atoms with Crippen LogP contribution in [-0.2, 0) is 0 Å². The maximum absolute atomic E-state index is 13.1. The topological polar surface area (TPSA) is 43.3 Å². The molecule has 0 unspecified atom stereocenters. The SMILES string of the molecule is CC(C)c1nc2c(Cl)cc(F)cn2c1N. The van der Waals surface area contributed by atoms with Crippen molar-refractivity contribution in [1.29, 1.82) is 0 Å². The maximum atomic E-state index is 13.1. The lowest BCUT2D eigenvalue weighted by molar-refractivity contribution is 0.619. The number of fused-ring (bicyclic) bond motifs is 1. The predicted molar refractivity (Wildman–Crippen MR) is 58.7 cm³/mol. The zero-order valence-corrected chi connectivity index (χ0v) is 9.22. The third-order valence-corrected chi connectivity index (χ3v) is 2.53. The van der Waals surface area contributed by atoms with Gasteiger partial charge in [-0.15, -0.1) is 0 Å². The summed E-state index contributed by atoms with van der Waals surface area (Å²) in [5.74, 6) is 0.206. The molecule has 0 spiro atoms. The van der Waals surface area contributed by atoms with Gasteiger partial charge in [-0.3, -0.25) is 4.40 Å². The minimum atomic E-state index is -0.424. The second kappa shape index (κ2) is 3.38. The molecule has 80 valence electrons. The second-order valence-electron chi connectivity index (χ2n) is 3.74. The van der Waals surface area contributed by atoms with Crippen LogP contribution < -0.4 is 5.73 Å². The maximum Gasteiger partial charge on any atom is 0.157 e. The fourth-order valence-corrected chi connectivity index (χ4v) is 1.77. The zero-order chi connectivity index (χ0) is 11.2. The van der Waals surface area contributed by atoms with Gasteiger partial charge in [0.2, 0.25) is 0 Å². The molecule has 0 aliphatic heterocycles. The lowest BCUT2D eigenvalue weighted by Gasteiger charge is -2.01. The van der Waals surface area contributed by atoms with Crippen molar-refractivity contribution in [1.82, 2.24) is 9.38 Å². The molecule has 0 amide bonds. The summed E-state index contributed by atoms with van der Waals surface area (Å²) < 4.78 is 14.6. The highest BCUT2D eigenvalue weighted by Gasteiger charge is 2.15. The summed E-state index contributed by atoms with van der Waals surface area (Å²) in [5.41, 5.74) is 7.09. The van der Waals surface area contributed by atoms with Gasteiger partial charge in [-0.2, -0.15) is 0 Å². The first-order valence-corrected chi connectivity index (χ1v) is 5.01. The quantitative estimate of drug-likeness (QED) is 0.814. The minimum absolute atomic E-state index is 0.184. The van der Waals surface area contributed by atoms with Crippen LogP contribution in [0.15, 0.2) is 12.3 Å². The molecule has 0 saturated carbocycles. The number of rotatable bonds is 1. The van der Waals surface area contributed by atoms with Crippen molar-refractivity contribution in [2.24, 2.45) is 0 Å². The monoisotopic (exact) mass is 227 g/mol. The molecule has 0 radical (unpaired) electrons. The van der Waals surface area contributed by atoms with E-state index >= 15 is 0 Å². The number of aromatic nitrogens is 2. The van der Waals surface area contributed by atoms with Gasteiger partial charge in [0.05, 0.1) is 10.7 Å². The van der Waals surface area contributed by atoms with E-state index in [9.17, 15) is 4.39 Å².